The number of benzene rings is 1. The Hall–Kier alpha value is -1.59. The van der Waals surface area contributed by atoms with Gasteiger partial charge in [0.2, 0.25) is 5.91 Å². The fourth-order valence-corrected chi connectivity index (χ4v) is 5.10. The molecule has 154 valence electrons. The lowest BCUT2D eigenvalue weighted by Crippen LogP contribution is -2.53. The van der Waals surface area contributed by atoms with Crippen LogP contribution in [0.25, 0.3) is 0 Å². The lowest BCUT2D eigenvalue weighted by Gasteiger charge is -2.43. The molecule has 1 aliphatic carbocycles. The quantitative estimate of drug-likeness (QED) is 0.801. The number of para-hydroxylation sites is 1. The summed E-state index contributed by atoms with van der Waals surface area (Å²) in [5, 5.41) is 0. The molecule has 1 amide bonds. The number of likely N-dealkylation sites (tertiary alicyclic amines) is 1. The molecule has 0 N–H and O–H groups in total. The van der Waals surface area contributed by atoms with E-state index in [0.717, 1.165) is 50.1 Å². The topological polar surface area (TPSA) is 36.0 Å². The monoisotopic (exact) mass is 385 g/mol. The van der Waals surface area contributed by atoms with E-state index >= 15 is 0 Å². The molecular formula is C23H35N3O2. The van der Waals surface area contributed by atoms with Crippen molar-refractivity contribution >= 4 is 5.91 Å². The molecule has 28 heavy (non-hydrogen) atoms. The van der Waals surface area contributed by atoms with Crippen molar-refractivity contribution in [1.29, 1.82) is 0 Å². The molecule has 2 fully saturated rings. The van der Waals surface area contributed by atoms with Crippen molar-refractivity contribution in [2.75, 3.05) is 40.3 Å². The van der Waals surface area contributed by atoms with Gasteiger partial charge in [0.05, 0.1) is 13.1 Å². The maximum Gasteiger partial charge on any atom is 0.237 e. The number of carbonyl (C=O) groups is 1. The number of fused-ring (bicyclic) bond motifs is 1. The zero-order chi connectivity index (χ0) is 19.6. The van der Waals surface area contributed by atoms with Gasteiger partial charge in [-0.3, -0.25) is 9.69 Å². The number of ether oxygens (including phenoxy) is 1. The fourth-order valence-electron chi connectivity index (χ4n) is 5.10. The average molecular weight is 386 g/mol. The van der Waals surface area contributed by atoms with Crippen molar-refractivity contribution in [3.63, 3.8) is 0 Å². The van der Waals surface area contributed by atoms with Crippen LogP contribution in [0.5, 0.6) is 5.75 Å². The third-order valence-electron chi connectivity index (χ3n) is 6.90. The van der Waals surface area contributed by atoms with Crippen LogP contribution in [0.15, 0.2) is 24.3 Å². The summed E-state index contributed by atoms with van der Waals surface area (Å²) >= 11 is 0. The molecule has 1 aromatic carbocycles. The number of rotatable bonds is 3. The van der Waals surface area contributed by atoms with Gasteiger partial charge < -0.3 is 14.5 Å². The van der Waals surface area contributed by atoms with E-state index in [4.69, 9.17) is 4.74 Å². The molecule has 1 saturated carbocycles. The second-order valence-corrected chi connectivity index (χ2v) is 9.17. The molecule has 5 heteroatoms. The Labute approximate surface area is 169 Å². The van der Waals surface area contributed by atoms with Crippen LogP contribution in [0.3, 0.4) is 0 Å². The molecule has 0 radical (unpaired) electrons. The second kappa shape index (κ2) is 8.42. The summed E-state index contributed by atoms with van der Waals surface area (Å²) in [6.07, 6.45) is 8.01. The fraction of sp³-hybridized carbons (Fsp3) is 0.696. The number of hydrogen-bond acceptors (Lipinski definition) is 4. The minimum absolute atomic E-state index is 0.239. The molecule has 1 spiro atoms. The lowest BCUT2D eigenvalue weighted by atomic mass is 9.81. The van der Waals surface area contributed by atoms with E-state index in [-0.39, 0.29) is 11.5 Å². The van der Waals surface area contributed by atoms with Gasteiger partial charge in [0.1, 0.15) is 11.4 Å². The predicted molar refractivity (Wildman–Crippen MR) is 111 cm³/mol. The highest BCUT2D eigenvalue weighted by Crippen LogP contribution is 2.39. The third kappa shape index (κ3) is 4.36. The van der Waals surface area contributed by atoms with Crippen molar-refractivity contribution in [1.82, 2.24) is 14.7 Å². The Bertz CT molecular complexity index is 676. The Morgan fingerprint density at radius 3 is 2.57 bits per heavy atom. The molecule has 0 bridgehead atoms. The second-order valence-electron chi connectivity index (χ2n) is 9.17. The Morgan fingerprint density at radius 2 is 1.86 bits per heavy atom. The zero-order valence-electron chi connectivity index (χ0n) is 17.5. The van der Waals surface area contributed by atoms with Gasteiger partial charge in [-0.2, -0.15) is 0 Å². The first-order chi connectivity index (χ1) is 13.5. The molecular weight excluding hydrogens is 350 g/mol. The Balaban J connectivity index is 1.52. The average Bonchev–Trinajstić information content (AvgIpc) is 2.86. The van der Waals surface area contributed by atoms with Crippen LogP contribution in [0.4, 0.5) is 0 Å². The van der Waals surface area contributed by atoms with Crippen LogP contribution >= 0.6 is 0 Å². The standard InChI is InChI=1S/C23H35N3O2/c1-24(2)20-10-12-23(13-11-20)18-26(16-19-8-4-5-9-21(19)28-23)22(27)17-25-14-6-3-7-15-25/h4-5,8-9,20H,3,6-7,10-18H2,1-2H3. The van der Waals surface area contributed by atoms with Crippen molar-refractivity contribution in [3.8, 4) is 5.75 Å². The number of carbonyl (C=O) groups excluding carboxylic acids is 1. The smallest absolute Gasteiger partial charge is 0.237 e. The molecule has 0 atom stereocenters. The maximum atomic E-state index is 13.2. The van der Waals surface area contributed by atoms with Gasteiger partial charge in [-0.1, -0.05) is 24.6 Å². The van der Waals surface area contributed by atoms with Crippen LogP contribution in [0.2, 0.25) is 0 Å². The lowest BCUT2D eigenvalue weighted by molar-refractivity contribution is -0.136. The number of nitrogens with zero attached hydrogens (tertiary/aromatic N) is 3. The van der Waals surface area contributed by atoms with Gasteiger partial charge >= 0.3 is 0 Å². The predicted octanol–water partition coefficient (Wildman–Crippen LogP) is 3.14. The molecule has 2 heterocycles. The van der Waals surface area contributed by atoms with E-state index in [9.17, 15) is 4.79 Å². The number of hydrogen-bond donors (Lipinski definition) is 0. The van der Waals surface area contributed by atoms with Gasteiger partial charge in [0.15, 0.2) is 0 Å². The highest BCUT2D eigenvalue weighted by molar-refractivity contribution is 5.78. The summed E-state index contributed by atoms with van der Waals surface area (Å²) in [6, 6.07) is 8.90. The first-order valence-electron chi connectivity index (χ1n) is 11.0. The molecule has 0 unspecified atom stereocenters. The molecule has 0 aromatic heterocycles. The normalized spacial score (nSPS) is 28.7. The van der Waals surface area contributed by atoms with Gasteiger partial charge in [0.25, 0.3) is 0 Å². The summed E-state index contributed by atoms with van der Waals surface area (Å²) in [5.74, 6) is 1.23. The summed E-state index contributed by atoms with van der Waals surface area (Å²) in [6.45, 7) is 4.05. The first-order valence-corrected chi connectivity index (χ1v) is 11.0. The van der Waals surface area contributed by atoms with Crippen LogP contribution in [0.1, 0.15) is 50.5 Å². The number of piperidine rings is 1. The summed E-state index contributed by atoms with van der Waals surface area (Å²) in [7, 11) is 4.33. The van der Waals surface area contributed by atoms with E-state index in [2.05, 4.69) is 47.0 Å². The van der Waals surface area contributed by atoms with Crippen LogP contribution in [-0.2, 0) is 11.3 Å². The van der Waals surface area contributed by atoms with E-state index in [1.165, 1.54) is 19.3 Å². The van der Waals surface area contributed by atoms with E-state index in [0.29, 0.717) is 25.7 Å². The summed E-state index contributed by atoms with van der Waals surface area (Å²) < 4.78 is 6.66. The highest BCUT2D eigenvalue weighted by Gasteiger charge is 2.42. The maximum absolute atomic E-state index is 13.2. The van der Waals surface area contributed by atoms with E-state index < -0.39 is 0 Å². The largest absolute Gasteiger partial charge is 0.485 e. The molecule has 4 rings (SSSR count). The minimum atomic E-state index is -0.239. The van der Waals surface area contributed by atoms with E-state index in [1.54, 1.807) is 0 Å². The molecule has 1 aromatic rings. The highest BCUT2D eigenvalue weighted by atomic mass is 16.5. The molecule has 2 aliphatic heterocycles. The van der Waals surface area contributed by atoms with E-state index in [1.807, 2.05) is 6.07 Å². The van der Waals surface area contributed by atoms with Crippen molar-refractivity contribution in [3.05, 3.63) is 29.8 Å². The SMILES string of the molecule is CN(C)C1CCC2(CC1)CN(C(=O)CN1CCCCC1)Cc1ccccc1O2. The van der Waals surface area contributed by atoms with Gasteiger partial charge in [-0.25, -0.2) is 0 Å². The van der Waals surface area contributed by atoms with Crippen LogP contribution < -0.4 is 4.74 Å². The van der Waals surface area contributed by atoms with Crippen molar-refractivity contribution in [2.45, 2.75) is 63.1 Å². The van der Waals surface area contributed by atoms with Crippen LogP contribution in [-0.4, -0.2) is 72.5 Å². The van der Waals surface area contributed by atoms with Gasteiger partial charge in [-0.05, 0) is 71.8 Å². The number of amides is 1. The van der Waals surface area contributed by atoms with Gasteiger partial charge in [0, 0.05) is 18.2 Å². The van der Waals surface area contributed by atoms with Crippen molar-refractivity contribution in [2.24, 2.45) is 0 Å². The Morgan fingerprint density at radius 1 is 1.14 bits per heavy atom. The van der Waals surface area contributed by atoms with Gasteiger partial charge in [-0.15, -0.1) is 0 Å². The molecule has 1 saturated heterocycles. The first kappa shape index (κ1) is 19.7. The molecule has 5 nitrogen and oxygen atoms in total. The molecule has 3 aliphatic rings. The zero-order valence-corrected chi connectivity index (χ0v) is 17.5. The Kier molecular flexibility index (Phi) is 5.93. The third-order valence-corrected chi connectivity index (χ3v) is 6.90. The summed E-state index contributed by atoms with van der Waals surface area (Å²) in [4.78, 5) is 20.0. The minimum Gasteiger partial charge on any atom is -0.485 e. The van der Waals surface area contributed by atoms with Crippen molar-refractivity contribution < 1.29 is 9.53 Å². The summed E-state index contributed by atoms with van der Waals surface area (Å²) in [5.41, 5.74) is 0.900. The van der Waals surface area contributed by atoms with Crippen LogP contribution in [0, 0.1) is 0 Å².